The highest BCUT2D eigenvalue weighted by Crippen LogP contribution is 2.24. The molecule has 30 heavy (non-hydrogen) atoms. The summed E-state index contributed by atoms with van der Waals surface area (Å²) in [7, 11) is 1.53. The minimum atomic E-state index is -0.961. The summed E-state index contributed by atoms with van der Waals surface area (Å²) >= 11 is 0. The molecule has 2 aromatic carbocycles. The van der Waals surface area contributed by atoms with Crippen LogP contribution in [0.25, 0.3) is 11.3 Å². The Morgan fingerprint density at radius 3 is 2.27 bits per heavy atom. The van der Waals surface area contributed by atoms with Crippen LogP contribution in [0.4, 0.5) is 0 Å². The lowest BCUT2D eigenvalue weighted by Crippen LogP contribution is -2.23. The monoisotopic (exact) mass is 408 g/mol. The van der Waals surface area contributed by atoms with Crippen molar-refractivity contribution in [3.63, 3.8) is 0 Å². The van der Waals surface area contributed by atoms with Gasteiger partial charge >= 0.3 is 11.9 Å². The van der Waals surface area contributed by atoms with Gasteiger partial charge in [0.1, 0.15) is 18.1 Å². The fourth-order valence-corrected chi connectivity index (χ4v) is 2.72. The van der Waals surface area contributed by atoms with Gasteiger partial charge in [-0.15, -0.1) is 0 Å². The van der Waals surface area contributed by atoms with E-state index < -0.39 is 28.7 Å². The van der Waals surface area contributed by atoms with Crippen molar-refractivity contribution < 1.29 is 28.2 Å². The first-order chi connectivity index (χ1) is 14.5. The van der Waals surface area contributed by atoms with E-state index in [1.54, 1.807) is 55.5 Å². The normalized spacial score (nSPS) is 10.3. The van der Waals surface area contributed by atoms with Gasteiger partial charge in [0, 0.05) is 11.6 Å². The van der Waals surface area contributed by atoms with Gasteiger partial charge in [-0.2, -0.15) is 0 Å². The lowest BCUT2D eigenvalue weighted by Gasteiger charge is -2.10. The van der Waals surface area contributed by atoms with Crippen LogP contribution in [-0.4, -0.2) is 25.7 Å². The zero-order valence-corrected chi connectivity index (χ0v) is 16.5. The fourth-order valence-electron chi connectivity index (χ4n) is 2.72. The summed E-state index contributed by atoms with van der Waals surface area (Å²) < 4.78 is 20.9. The van der Waals surface area contributed by atoms with Crippen molar-refractivity contribution in [1.29, 1.82) is 0 Å². The molecule has 0 unspecified atom stereocenters. The molecule has 3 aromatic rings. The van der Waals surface area contributed by atoms with Gasteiger partial charge in [-0.3, -0.25) is 4.79 Å². The highest BCUT2D eigenvalue weighted by Gasteiger charge is 2.27. The molecule has 0 atom stereocenters. The Bertz CT molecular complexity index is 1080. The van der Waals surface area contributed by atoms with Gasteiger partial charge in [-0.25, -0.2) is 9.59 Å². The molecule has 0 aliphatic carbocycles. The first-order valence-electron chi connectivity index (χ1n) is 9.24. The van der Waals surface area contributed by atoms with Gasteiger partial charge < -0.3 is 18.6 Å². The van der Waals surface area contributed by atoms with Gasteiger partial charge in [0.05, 0.1) is 13.7 Å². The van der Waals surface area contributed by atoms with Crippen LogP contribution in [0.1, 0.15) is 33.4 Å². The number of esters is 2. The maximum absolute atomic E-state index is 12.7. The number of hydrogen-bond acceptors (Lipinski definition) is 7. The molecule has 1 aromatic heterocycles. The third-order valence-electron chi connectivity index (χ3n) is 4.20. The first kappa shape index (κ1) is 20.9. The molecule has 0 N–H and O–H groups in total. The van der Waals surface area contributed by atoms with Gasteiger partial charge in [0.15, 0.2) is 5.56 Å². The number of benzene rings is 2. The number of ether oxygens (including phenoxy) is 3. The van der Waals surface area contributed by atoms with Crippen molar-refractivity contribution in [3.05, 3.63) is 87.8 Å². The Balaban J connectivity index is 1.97. The van der Waals surface area contributed by atoms with Crippen LogP contribution in [0.15, 0.2) is 69.9 Å². The SMILES string of the molecule is CCOC(=O)c1oc(-c2ccc(OC)cc2)cc(=O)c1C(=O)OCc1ccccc1. The number of rotatable bonds is 7. The van der Waals surface area contributed by atoms with E-state index in [1.165, 1.54) is 7.11 Å². The summed E-state index contributed by atoms with van der Waals surface area (Å²) in [5, 5.41) is 0. The predicted octanol–water partition coefficient (Wildman–Crippen LogP) is 3.85. The zero-order chi connectivity index (χ0) is 21.5. The largest absolute Gasteiger partial charge is 0.497 e. The Morgan fingerprint density at radius 2 is 1.63 bits per heavy atom. The van der Waals surface area contributed by atoms with Crippen molar-refractivity contribution in [1.82, 2.24) is 0 Å². The van der Waals surface area contributed by atoms with Gasteiger partial charge in [-0.05, 0) is 36.8 Å². The van der Waals surface area contributed by atoms with Crippen LogP contribution < -0.4 is 10.2 Å². The zero-order valence-electron chi connectivity index (χ0n) is 16.5. The van der Waals surface area contributed by atoms with E-state index in [2.05, 4.69) is 0 Å². The van der Waals surface area contributed by atoms with Crippen molar-refractivity contribution in [2.45, 2.75) is 13.5 Å². The van der Waals surface area contributed by atoms with E-state index in [4.69, 9.17) is 18.6 Å². The molecule has 0 saturated carbocycles. The second-order valence-electron chi connectivity index (χ2n) is 6.19. The average molecular weight is 408 g/mol. The fraction of sp³-hybridized carbons (Fsp3) is 0.174. The number of carbonyl (C=O) groups excluding carboxylic acids is 2. The van der Waals surface area contributed by atoms with Gasteiger partial charge in [0.25, 0.3) is 0 Å². The summed E-state index contributed by atoms with van der Waals surface area (Å²) in [5.41, 5.74) is 0.0697. The lowest BCUT2D eigenvalue weighted by atomic mass is 10.1. The Morgan fingerprint density at radius 1 is 0.933 bits per heavy atom. The highest BCUT2D eigenvalue weighted by molar-refractivity contribution is 6.01. The third-order valence-corrected chi connectivity index (χ3v) is 4.20. The van der Waals surface area contributed by atoms with E-state index in [9.17, 15) is 14.4 Å². The number of methoxy groups -OCH3 is 1. The van der Waals surface area contributed by atoms with E-state index in [0.29, 0.717) is 11.3 Å². The molecule has 0 saturated heterocycles. The van der Waals surface area contributed by atoms with E-state index in [1.807, 2.05) is 6.07 Å². The predicted molar refractivity (Wildman–Crippen MR) is 108 cm³/mol. The summed E-state index contributed by atoms with van der Waals surface area (Å²) in [4.78, 5) is 37.7. The molecule has 0 fully saturated rings. The summed E-state index contributed by atoms with van der Waals surface area (Å²) in [6.45, 7) is 1.60. The number of hydrogen-bond donors (Lipinski definition) is 0. The molecule has 1 heterocycles. The second-order valence-corrected chi connectivity index (χ2v) is 6.19. The van der Waals surface area contributed by atoms with Crippen molar-refractivity contribution in [3.8, 4) is 17.1 Å². The standard InChI is InChI=1S/C23H20O7/c1-3-28-23(26)21-20(22(25)29-14-15-7-5-4-6-8-15)18(24)13-19(30-21)16-9-11-17(27-2)12-10-16/h4-13H,3,14H2,1-2H3. The highest BCUT2D eigenvalue weighted by atomic mass is 16.5. The molecular formula is C23H20O7. The van der Waals surface area contributed by atoms with E-state index in [-0.39, 0.29) is 19.0 Å². The molecule has 0 radical (unpaired) electrons. The Hall–Kier alpha value is -3.87. The van der Waals surface area contributed by atoms with Gasteiger partial charge in [-0.1, -0.05) is 30.3 Å². The molecule has 0 bridgehead atoms. The van der Waals surface area contributed by atoms with Crippen molar-refractivity contribution in [2.75, 3.05) is 13.7 Å². The average Bonchev–Trinajstić information content (AvgIpc) is 2.78. The maximum atomic E-state index is 12.7. The van der Waals surface area contributed by atoms with E-state index >= 15 is 0 Å². The molecule has 0 spiro atoms. The minimum Gasteiger partial charge on any atom is -0.497 e. The minimum absolute atomic E-state index is 0.0494. The van der Waals surface area contributed by atoms with Crippen LogP contribution in [0.3, 0.4) is 0 Å². The first-order valence-corrected chi connectivity index (χ1v) is 9.24. The topological polar surface area (TPSA) is 92.0 Å². The second kappa shape index (κ2) is 9.56. The molecular weight excluding hydrogens is 388 g/mol. The van der Waals surface area contributed by atoms with Crippen LogP contribution in [0, 0.1) is 0 Å². The Labute approximate surface area is 172 Å². The quantitative estimate of drug-likeness (QED) is 0.548. The lowest BCUT2D eigenvalue weighted by molar-refractivity contribution is 0.0419. The molecule has 7 nitrogen and oxygen atoms in total. The molecule has 3 rings (SSSR count). The molecule has 154 valence electrons. The van der Waals surface area contributed by atoms with Crippen molar-refractivity contribution in [2.24, 2.45) is 0 Å². The van der Waals surface area contributed by atoms with Crippen LogP contribution in [-0.2, 0) is 16.1 Å². The summed E-state index contributed by atoms with van der Waals surface area (Å²) in [5.74, 6) is -1.64. The maximum Gasteiger partial charge on any atom is 0.375 e. The van der Waals surface area contributed by atoms with Crippen LogP contribution in [0.5, 0.6) is 5.75 Å². The van der Waals surface area contributed by atoms with E-state index in [0.717, 1.165) is 11.6 Å². The van der Waals surface area contributed by atoms with Crippen LogP contribution in [0.2, 0.25) is 0 Å². The summed E-state index contributed by atoms with van der Waals surface area (Å²) in [6, 6.07) is 16.8. The molecule has 0 amide bonds. The molecule has 7 heteroatoms. The third kappa shape index (κ3) is 4.75. The Kier molecular flexibility index (Phi) is 6.64. The molecule has 0 aliphatic heterocycles. The number of carbonyl (C=O) groups is 2. The van der Waals surface area contributed by atoms with Crippen molar-refractivity contribution >= 4 is 11.9 Å². The molecule has 0 aliphatic rings. The van der Waals surface area contributed by atoms with Crippen LogP contribution >= 0.6 is 0 Å². The smallest absolute Gasteiger partial charge is 0.375 e. The van der Waals surface area contributed by atoms with Gasteiger partial charge in [0.2, 0.25) is 11.2 Å². The summed E-state index contributed by atoms with van der Waals surface area (Å²) in [6.07, 6.45) is 0.